The van der Waals surface area contributed by atoms with E-state index in [2.05, 4.69) is 56.6 Å². The highest BCUT2D eigenvalue weighted by atomic mass is 32.1. The van der Waals surface area contributed by atoms with Crippen molar-refractivity contribution in [2.24, 2.45) is 11.0 Å². The van der Waals surface area contributed by atoms with Crippen LogP contribution in [0.1, 0.15) is 51.9 Å². The van der Waals surface area contributed by atoms with Crippen LogP contribution in [-0.2, 0) is 0 Å². The van der Waals surface area contributed by atoms with Crippen molar-refractivity contribution in [1.29, 1.82) is 0 Å². The van der Waals surface area contributed by atoms with E-state index in [1.165, 1.54) is 11.1 Å². The number of aryl methyl sites for hydroxylation is 1. The van der Waals surface area contributed by atoms with E-state index in [4.69, 9.17) is 0 Å². The first-order valence-corrected chi connectivity index (χ1v) is 10.4. The maximum atomic E-state index is 12.5. The number of nitrogens with one attached hydrogen (secondary N) is 2. The Bertz CT molecular complexity index is 1000. The first-order chi connectivity index (χ1) is 14.1. The Hall–Kier alpha value is -2.90. The van der Waals surface area contributed by atoms with Gasteiger partial charge in [-0.3, -0.25) is 4.79 Å². The summed E-state index contributed by atoms with van der Waals surface area (Å²) in [4.78, 5) is 13.0. The van der Waals surface area contributed by atoms with Crippen LogP contribution in [0.3, 0.4) is 0 Å². The Labute approximate surface area is 174 Å². The summed E-state index contributed by atoms with van der Waals surface area (Å²) in [5.74, 6) is -0.124. The molecule has 148 valence electrons. The van der Waals surface area contributed by atoms with Crippen LogP contribution < -0.4 is 10.7 Å². The monoisotopic (exact) mass is 405 g/mol. The van der Waals surface area contributed by atoms with Crippen molar-refractivity contribution < 1.29 is 4.79 Å². The van der Waals surface area contributed by atoms with E-state index < -0.39 is 0 Å². The van der Waals surface area contributed by atoms with Gasteiger partial charge in [-0.1, -0.05) is 72.1 Å². The Morgan fingerprint density at radius 1 is 1.10 bits per heavy atom. The summed E-state index contributed by atoms with van der Waals surface area (Å²) >= 11 is 1.09. The highest BCUT2D eigenvalue weighted by molar-refractivity contribution is 7.07. The van der Waals surface area contributed by atoms with Crippen LogP contribution in [0.5, 0.6) is 0 Å². The average Bonchev–Trinajstić information content (AvgIpc) is 3.20. The first kappa shape index (κ1) is 19.4. The van der Waals surface area contributed by atoms with Crippen molar-refractivity contribution in [3.8, 4) is 0 Å². The lowest BCUT2D eigenvalue weighted by molar-refractivity contribution is 0.0957. The third kappa shape index (κ3) is 4.26. The number of piperidine rings is 1. The standard InChI is InChI=1S/C22H23N5OS/c1-14-18(25-26-22(28)21-15(2)24-27-29-21)13-19(16-9-5-3-6-10-16)23-20(14)17-11-7-4-8-12-17/h3-12,14,19-20,23H,13H2,1-2H3,(H,26,28)/b25-18+. The second kappa shape index (κ2) is 8.63. The molecule has 1 fully saturated rings. The molecule has 0 spiro atoms. The van der Waals surface area contributed by atoms with Gasteiger partial charge in [0.25, 0.3) is 5.91 Å². The Balaban J connectivity index is 1.62. The summed E-state index contributed by atoms with van der Waals surface area (Å²) in [6, 6.07) is 21.0. The summed E-state index contributed by atoms with van der Waals surface area (Å²) in [6.45, 7) is 3.92. The fourth-order valence-electron chi connectivity index (χ4n) is 3.71. The molecular formula is C22H23N5OS. The van der Waals surface area contributed by atoms with Gasteiger partial charge in [0.05, 0.1) is 5.69 Å². The maximum Gasteiger partial charge on any atom is 0.285 e. The molecular weight excluding hydrogens is 382 g/mol. The highest BCUT2D eigenvalue weighted by Gasteiger charge is 2.33. The molecule has 3 aromatic rings. The Morgan fingerprint density at radius 3 is 2.38 bits per heavy atom. The van der Waals surface area contributed by atoms with E-state index in [9.17, 15) is 4.79 Å². The molecule has 1 aliphatic heterocycles. The number of nitrogens with zero attached hydrogens (tertiary/aromatic N) is 3. The third-order valence-electron chi connectivity index (χ3n) is 5.34. The van der Waals surface area contributed by atoms with Gasteiger partial charge in [0.15, 0.2) is 0 Å². The molecule has 2 N–H and O–H groups in total. The minimum absolute atomic E-state index is 0.109. The third-order valence-corrected chi connectivity index (χ3v) is 6.17. The van der Waals surface area contributed by atoms with E-state index >= 15 is 0 Å². The fraction of sp³-hybridized carbons (Fsp3) is 0.273. The van der Waals surface area contributed by atoms with E-state index in [1.54, 1.807) is 6.92 Å². The second-order valence-corrected chi connectivity index (χ2v) is 8.00. The number of carbonyl (C=O) groups is 1. The lowest BCUT2D eigenvalue weighted by Crippen LogP contribution is -2.42. The van der Waals surface area contributed by atoms with E-state index in [1.807, 2.05) is 36.4 Å². The minimum Gasteiger partial charge on any atom is -0.302 e. The van der Waals surface area contributed by atoms with Crippen molar-refractivity contribution in [2.45, 2.75) is 32.4 Å². The zero-order chi connectivity index (χ0) is 20.2. The highest BCUT2D eigenvalue weighted by Crippen LogP contribution is 2.35. The zero-order valence-corrected chi connectivity index (χ0v) is 17.2. The molecule has 6 nitrogen and oxygen atoms in total. The number of benzene rings is 2. The Morgan fingerprint density at radius 2 is 1.76 bits per heavy atom. The summed E-state index contributed by atoms with van der Waals surface area (Å²) in [5, 5.41) is 12.2. The van der Waals surface area contributed by atoms with Crippen LogP contribution in [0, 0.1) is 12.8 Å². The van der Waals surface area contributed by atoms with E-state index in [0.717, 1.165) is 23.7 Å². The van der Waals surface area contributed by atoms with Crippen LogP contribution in [0.4, 0.5) is 0 Å². The fourth-order valence-corrected chi connectivity index (χ4v) is 4.26. The number of aromatic nitrogens is 2. The van der Waals surface area contributed by atoms with Gasteiger partial charge in [-0.05, 0) is 29.6 Å². The predicted molar refractivity (Wildman–Crippen MR) is 115 cm³/mol. The molecule has 1 saturated heterocycles. The van der Waals surface area contributed by atoms with Gasteiger partial charge in [-0.25, -0.2) is 5.43 Å². The molecule has 1 aromatic heterocycles. The molecule has 3 atom stereocenters. The lowest BCUT2D eigenvalue weighted by atomic mass is 9.81. The molecule has 0 aliphatic carbocycles. The van der Waals surface area contributed by atoms with Gasteiger partial charge in [-0.2, -0.15) is 5.10 Å². The van der Waals surface area contributed by atoms with E-state index in [0.29, 0.717) is 10.6 Å². The molecule has 7 heteroatoms. The van der Waals surface area contributed by atoms with Crippen molar-refractivity contribution in [2.75, 3.05) is 0 Å². The molecule has 2 heterocycles. The van der Waals surface area contributed by atoms with Crippen molar-refractivity contribution in [3.63, 3.8) is 0 Å². The van der Waals surface area contributed by atoms with Crippen LogP contribution in [0.15, 0.2) is 65.8 Å². The average molecular weight is 406 g/mol. The second-order valence-electron chi connectivity index (χ2n) is 7.24. The summed E-state index contributed by atoms with van der Waals surface area (Å²) < 4.78 is 3.83. The number of amides is 1. The summed E-state index contributed by atoms with van der Waals surface area (Å²) in [5.41, 5.74) is 6.73. The van der Waals surface area contributed by atoms with Gasteiger partial charge < -0.3 is 5.32 Å². The predicted octanol–water partition coefficient (Wildman–Crippen LogP) is 4.04. The molecule has 29 heavy (non-hydrogen) atoms. The minimum atomic E-state index is -0.261. The van der Waals surface area contributed by atoms with Gasteiger partial charge in [-0.15, -0.1) is 5.10 Å². The molecule has 3 unspecified atom stereocenters. The van der Waals surface area contributed by atoms with Gasteiger partial charge in [0.2, 0.25) is 0 Å². The normalized spacial score (nSPS) is 23.1. The van der Waals surface area contributed by atoms with Crippen LogP contribution in [0.2, 0.25) is 0 Å². The van der Waals surface area contributed by atoms with Crippen LogP contribution >= 0.6 is 11.5 Å². The number of hydrazone groups is 1. The van der Waals surface area contributed by atoms with Crippen molar-refractivity contribution in [3.05, 3.63) is 82.4 Å². The van der Waals surface area contributed by atoms with E-state index in [-0.39, 0.29) is 23.9 Å². The smallest absolute Gasteiger partial charge is 0.285 e. The zero-order valence-electron chi connectivity index (χ0n) is 16.4. The number of rotatable bonds is 4. The Kier molecular flexibility index (Phi) is 5.78. The molecule has 0 bridgehead atoms. The largest absolute Gasteiger partial charge is 0.302 e. The summed E-state index contributed by atoms with van der Waals surface area (Å²) in [7, 11) is 0. The van der Waals surface area contributed by atoms with Gasteiger partial charge in [0.1, 0.15) is 4.88 Å². The molecule has 1 aliphatic rings. The SMILES string of the molecule is Cc1nnsc1C(=O)N/N=C1\CC(c2ccccc2)NC(c2ccccc2)C1C. The molecule has 2 aromatic carbocycles. The lowest BCUT2D eigenvalue weighted by Gasteiger charge is -2.37. The molecule has 0 saturated carbocycles. The van der Waals surface area contributed by atoms with Gasteiger partial charge >= 0.3 is 0 Å². The van der Waals surface area contributed by atoms with Crippen molar-refractivity contribution in [1.82, 2.24) is 20.3 Å². The molecule has 4 rings (SSSR count). The number of carbonyl (C=O) groups excluding carboxylic acids is 1. The topological polar surface area (TPSA) is 79.3 Å². The van der Waals surface area contributed by atoms with Crippen LogP contribution in [-0.4, -0.2) is 21.2 Å². The molecule has 0 radical (unpaired) electrons. The maximum absolute atomic E-state index is 12.5. The summed E-state index contributed by atoms with van der Waals surface area (Å²) in [6.07, 6.45) is 0.731. The van der Waals surface area contributed by atoms with Gasteiger partial charge in [0, 0.05) is 30.1 Å². The van der Waals surface area contributed by atoms with Crippen LogP contribution in [0.25, 0.3) is 0 Å². The quantitative estimate of drug-likeness (QED) is 0.642. The molecule has 1 amide bonds. The number of hydrogen-bond donors (Lipinski definition) is 2. The first-order valence-electron chi connectivity index (χ1n) is 9.65. The van der Waals surface area contributed by atoms with Crippen molar-refractivity contribution >= 4 is 23.2 Å². The number of hydrogen-bond acceptors (Lipinski definition) is 6.